The Morgan fingerprint density at radius 2 is 1.94 bits per heavy atom. The molecular weight excluding hydrogens is 218 g/mol. The van der Waals surface area contributed by atoms with Crippen molar-refractivity contribution in [3.05, 3.63) is 0 Å². The summed E-state index contributed by atoms with van der Waals surface area (Å²) in [5.41, 5.74) is 0. The minimum Gasteiger partial charge on any atom is -0.379 e. The molecule has 0 bridgehead atoms. The highest BCUT2D eigenvalue weighted by atomic mass is 16.5. The lowest BCUT2D eigenvalue weighted by Crippen LogP contribution is -2.50. The van der Waals surface area contributed by atoms with Gasteiger partial charge < -0.3 is 20.7 Å². The third-order valence-corrected chi connectivity index (χ3v) is 3.38. The zero-order valence-electron chi connectivity index (χ0n) is 10.3. The van der Waals surface area contributed by atoms with E-state index in [4.69, 9.17) is 4.74 Å². The standard InChI is InChI=1S/C12H23N3O2/c16-12(15-11-5-3-7-17-9-11)14-10-4-1-2-6-13-8-10/h10-11,13H,1-9H2,(H2,14,15,16). The van der Waals surface area contributed by atoms with Gasteiger partial charge in [-0.1, -0.05) is 6.42 Å². The molecule has 3 N–H and O–H groups in total. The number of nitrogens with one attached hydrogen (secondary N) is 3. The van der Waals surface area contributed by atoms with E-state index in [1.165, 1.54) is 12.8 Å². The summed E-state index contributed by atoms with van der Waals surface area (Å²) >= 11 is 0. The zero-order valence-corrected chi connectivity index (χ0v) is 10.3. The second-order valence-corrected chi connectivity index (χ2v) is 4.93. The average Bonchev–Trinajstić information content (AvgIpc) is 2.59. The number of carbonyl (C=O) groups is 1. The summed E-state index contributed by atoms with van der Waals surface area (Å²) in [7, 11) is 0. The van der Waals surface area contributed by atoms with Crippen LogP contribution < -0.4 is 16.0 Å². The largest absolute Gasteiger partial charge is 0.379 e. The van der Waals surface area contributed by atoms with Crippen molar-refractivity contribution < 1.29 is 9.53 Å². The summed E-state index contributed by atoms with van der Waals surface area (Å²) in [6.07, 6.45) is 5.52. The molecule has 5 heteroatoms. The number of hydrogen-bond donors (Lipinski definition) is 3. The summed E-state index contributed by atoms with van der Waals surface area (Å²) in [5, 5.41) is 9.36. The highest BCUT2D eigenvalue weighted by Crippen LogP contribution is 2.06. The summed E-state index contributed by atoms with van der Waals surface area (Å²) < 4.78 is 5.34. The lowest BCUT2D eigenvalue weighted by Gasteiger charge is -2.25. The molecule has 0 aromatic rings. The van der Waals surface area contributed by atoms with Gasteiger partial charge in [-0.05, 0) is 32.2 Å². The Bertz CT molecular complexity index is 234. The van der Waals surface area contributed by atoms with E-state index in [0.717, 1.165) is 39.0 Å². The normalized spacial score (nSPS) is 30.4. The lowest BCUT2D eigenvalue weighted by molar-refractivity contribution is 0.0730. The summed E-state index contributed by atoms with van der Waals surface area (Å²) in [5.74, 6) is 0. The van der Waals surface area contributed by atoms with Gasteiger partial charge in [-0.15, -0.1) is 0 Å². The molecule has 5 nitrogen and oxygen atoms in total. The second-order valence-electron chi connectivity index (χ2n) is 4.93. The van der Waals surface area contributed by atoms with Crippen molar-refractivity contribution >= 4 is 6.03 Å². The summed E-state index contributed by atoms with van der Waals surface area (Å²) in [4.78, 5) is 11.8. The van der Waals surface area contributed by atoms with Crippen LogP contribution in [0.25, 0.3) is 0 Å². The highest BCUT2D eigenvalue weighted by molar-refractivity contribution is 5.74. The van der Waals surface area contributed by atoms with E-state index >= 15 is 0 Å². The summed E-state index contributed by atoms with van der Waals surface area (Å²) in [6, 6.07) is 0.402. The highest BCUT2D eigenvalue weighted by Gasteiger charge is 2.18. The van der Waals surface area contributed by atoms with Crippen LogP contribution in [0.15, 0.2) is 0 Å². The Balaban J connectivity index is 1.68. The van der Waals surface area contributed by atoms with E-state index in [0.29, 0.717) is 6.61 Å². The SMILES string of the molecule is O=C(NC1CCCCNC1)NC1CCCOC1. The van der Waals surface area contributed by atoms with Gasteiger partial charge in [0.1, 0.15) is 0 Å². The molecule has 2 atom stereocenters. The molecule has 0 aromatic carbocycles. The van der Waals surface area contributed by atoms with Gasteiger partial charge in [0.25, 0.3) is 0 Å². The van der Waals surface area contributed by atoms with Crippen LogP contribution >= 0.6 is 0 Å². The van der Waals surface area contributed by atoms with Crippen molar-refractivity contribution in [2.45, 2.75) is 44.2 Å². The Hall–Kier alpha value is -0.810. The first-order valence-corrected chi connectivity index (χ1v) is 6.70. The molecule has 2 aliphatic heterocycles. The van der Waals surface area contributed by atoms with E-state index in [9.17, 15) is 4.79 Å². The molecule has 0 saturated carbocycles. The molecule has 98 valence electrons. The van der Waals surface area contributed by atoms with Crippen molar-refractivity contribution in [1.82, 2.24) is 16.0 Å². The quantitative estimate of drug-likeness (QED) is 0.663. The third-order valence-electron chi connectivity index (χ3n) is 3.38. The van der Waals surface area contributed by atoms with E-state index in [-0.39, 0.29) is 18.1 Å². The molecule has 2 amide bonds. The molecule has 2 unspecified atom stereocenters. The predicted octanol–water partition coefficient (Wildman–Crippen LogP) is 0.607. The molecule has 0 spiro atoms. The number of carbonyl (C=O) groups excluding carboxylic acids is 1. The Morgan fingerprint density at radius 3 is 2.76 bits per heavy atom. The monoisotopic (exact) mass is 241 g/mol. The van der Waals surface area contributed by atoms with E-state index in [1.54, 1.807) is 0 Å². The number of rotatable bonds is 2. The first-order chi connectivity index (χ1) is 8.34. The molecule has 0 aliphatic carbocycles. The lowest BCUT2D eigenvalue weighted by atomic mass is 10.1. The number of urea groups is 1. The van der Waals surface area contributed by atoms with Crippen LogP contribution in [0, 0.1) is 0 Å². The maximum Gasteiger partial charge on any atom is 0.315 e. The third kappa shape index (κ3) is 4.52. The van der Waals surface area contributed by atoms with Gasteiger partial charge in [-0.3, -0.25) is 0 Å². The van der Waals surface area contributed by atoms with Crippen molar-refractivity contribution in [2.75, 3.05) is 26.3 Å². The number of hydrogen-bond acceptors (Lipinski definition) is 3. The molecular formula is C12H23N3O2. The fraction of sp³-hybridized carbons (Fsp3) is 0.917. The predicted molar refractivity (Wildman–Crippen MR) is 66.0 cm³/mol. The molecule has 2 heterocycles. The van der Waals surface area contributed by atoms with Gasteiger partial charge in [-0.2, -0.15) is 0 Å². The number of amides is 2. The van der Waals surface area contributed by atoms with E-state index in [2.05, 4.69) is 16.0 Å². The average molecular weight is 241 g/mol. The first kappa shape index (κ1) is 12.6. The molecule has 2 fully saturated rings. The minimum atomic E-state index is -0.0470. The van der Waals surface area contributed by atoms with Crippen LogP contribution in [0.5, 0.6) is 0 Å². The number of ether oxygens (including phenoxy) is 1. The fourth-order valence-corrected chi connectivity index (χ4v) is 2.41. The van der Waals surface area contributed by atoms with Crippen molar-refractivity contribution in [1.29, 1.82) is 0 Å². The van der Waals surface area contributed by atoms with Crippen LogP contribution in [-0.2, 0) is 4.74 Å². The second kappa shape index (κ2) is 6.81. The fourth-order valence-electron chi connectivity index (χ4n) is 2.41. The van der Waals surface area contributed by atoms with Gasteiger partial charge in [-0.25, -0.2) is 4.79 Å². The molecule has 2 aliphatic rings. The van der Waals surface area contributed by atoms with Crippen LogP contribution in [0.3, 0.4) is 0 Å². The zero-order chi connectivity index (χ0) is 11.9. The van der Waals surface area contributed by atoms with Gasteiger partial charge in [0.05, 0.1) is 12.6 Å². The first-order valence-electron chi connectivity index (χ1n) is 6.70. The van der Waals surface area contributed by atoms with Crippen LogP contribution in [0.2, 0.25) is 0 Å². The van der Waals surface area contributed by atoms with Crippen LogP contribution in [-0.4, -0.2) is 44.4 Å². The smallest absolute Gasteiger partial charge is 0.315 e. The van der Waals surface area contributed by atoms with E-state index in [1.807, 2.05) is 0 Å². The van der Waals surface area contributed by atoms with Crippen LogP contribution in [0.1, 0.15) is 32.1 Å². The van der Waals surface area contributed by atoms with E-state index < -0.39 is 0 Å². The van der Waals surface area contributed by atoms with Crippen LogP contribution in [0.4, 0.5) is 4.79 Å². The maximum atomic E-state index is 11.8. The van der Waals surface area contributed by atoms with Crippen molar-refractivity contribution in [2.24, 2.45) is 0 Å². The van der Waals surface area contributed by atoms with Crippen molar-refractivity contribution in [3.8, 4) is 0 Å². The van der Waals surface area contributed by atoms with Crippen molar-refractivity contribution in [3.63, 3.8) is 0 Å². The van der Waals surface area contributed by atoms with Gasteiger partial charge in [0, 0.05) is 19.2 Å². The topological polar surface area (TPSA) is 62.4 Å². The molecule has 0 aromatic heterocycles. The Labute approximate surface area is 103 Å². The Morgan fingerprint density at radius 1 is 1.12 bits per heavy atom. The molecule has 0 radical (unpaired) electrons. The molecule has 2 rings (SSSR count). The van der Waals surface area contributed by atoms with Gasteiger partial charge in [0.2, 0.25) is 0 Å². The van der Waals surface area contributed by atoms with Gasteiger partial charge >= 0.3 is 6.03 Å². The maximum absolute atomic E-state index is 11.8. The van der Waals surface area contributed by atoms with Gasteiger partial charge in [0.15, 0.2) is 0 Å². The molecule has 17 heavy (non-hydrogen) atoms. The minimum absolute atomic E-state index is 0.0470. The Kier molecular flexibility index (Phi) is 5.07. The molecule has 2 saturated heterocycles. The summed E-state index contributed by atoms with van der Waals surface area (Å²) in [6.45, 7) is 3.42.